The first-order chi connectivity index (χ1) is 14.2. The fraction of sp³-hybridized carbons (Fsp3) is 0.571. The van der Waals surface area contributed by atoms with E-state index >= 15 is 0 Å². The summed E-state index contributed by atoms with van der Waals surface area (Å²) in [6, 6.07) is 7.97. The molecule has 2 N–H and O–H groups in total. The van der Waals surface area contributed by atoms with E-state index in [1.165, 1.54) is 6.42 Å². The normalized spacial score (nSPS) is 18.4. The van der Waals surface area contributed by atoms with Crippen LogP contribution in [0.3, 0.4) is 0 Å². The van der Waals surface area contributed by atoms with Gasteiger partial charge in [-0.15, -0.1) is 10.2 Å². The largest absolute Gasteiger partial charge is 0.376 e. The number of halogens is 1. The lowest BCUT2D eigenvalue weighted by atomic mass is 10.1. The van der Waals surface area contributed by atoms with Crippen molar-refractivity contribution in [2.75, 3.05) is 19.7 Å². The highest BCUT2D eigenvalue weighted by molar-refractivity contribution is 6.30. The monoisotopic (exact) mass is 418 g/mol. The van der Waals surface area contributed by atoms with Gasteiger partial charge in [-0.1, -0.05) is 30.7 Å². The van der Waals surface area contributed by atoms with Crippen molar-refractivity contribution in [2.45, 2.75) is 58.2 Å². The van der Waals surface area contributed by atoms with Gasteiger partial charge in [-0.3, -0.25) is 4.99 Å². The topological polar surface area (TPSA) is 76.4 Å². The van der Waals surface area contributed by atoms with E-state index in [4.69, 9.17) is 21.3 Å². The molecule has 1 aromatic heterocycles. The summed E-state index contributed by atoms with van der Waals surface area (Å²) in [6.07, 6.45) is 6.27. The standard InChI is InChI=1S/C21H31ClN6O/c1-3-20-27-25-15-28(20)11-10-23-21(24-14-19-9-4-5-12-29-19)26-16(2)17-7-6-8-18(22)13-17/h6-8,13,15-16,19H,3-5,9-12,14H2,1-2H3,(H2,23,24,26). The fourth-order valence-corrected chi connectivity index (χ4v) is 3.59. The van der Waals surface area contributed by atoms with Crippen LogP contribution in [0.1, 0.15) is 50.5 Å². The third-order valence-corrected chi connectivity index (χ3v) is 5.32. The minimum absolute atomic E-state index is 0.0772. The predicted octanol–water partition coefficient (Wildman–Crippen LogP) is 3.36. The van der Waals surface area contributed by atoms with Crippen molar-refractivity contribution in [2.24, 2.45) is 4.99 Å². The number of aryl methyl sites for hydroxylation is 1. The highest BCUT2D eigenvalue weighted by Crippen LogP contribution is 2.17. The molecule has 1 aliphatic rings. The average Bonchev–Trinajstić information content (AvgIpc) is 3.20. The maximum absolute atomic E-state index is 6.15. The van der Waals surface area contributed by atoms with Gasteiger partial charge in [-0.05, 0) is 43.9 Å². The number of rotatable bonds is 8. The highest BCUT2D eigenvalue weighted by Gasteiger charge is 2.14. The Bertz CT molecular complexity index is 787. The second-order valence-electron chi connectivity index (χ2n) is 7.32. The molecule has 1 aliphatic heterocycles. The van der Waals surface area contributed by atoms with E-state index in [1.54, 1.807) is 6.33 Å². The molecular formula is C21H31ClN6O. The molecule has 2 atom stereocenters. The number of guanidine groups is 1. The molecule has 0 radical (unpaired) electrons. The Morgan fingerprint density at radius 3 is 3.07 bits per heavy atom. The summed E-state index contributed by atoms with van der Waals surface area (Å²) in [4.78, 5) is 4.79. The van der Waals surface area contributed by atoms with Gasteiger partial charge in [-0.2, -0.15) is 0 Å². The van der Waals surface area contributed by atoms with Crippen molar-refractivity contribution in [3.05, 3.63) is 47.0 Å². The van der Waals surface area contributed by atoms with Crippen molar-refractivity contribution in [3.8, 4) is 0 Å². The zero-order chi connectivity index (χ0) is 20.5. The quantitative estimate of drug-likeness (QED) is 0.507. The molecule has 1 aromatic carbocycles. The Balaban J connectivity index is 1.61. The maximum atomic E-state index is 6.15. The van der Waals surface area contributed by atoms with Crippen LogP contribution in [-0.2, 0) is 17.7 Å². The smallest absolute Gasteiger partial charge is 0.191 e. The molecule has 0 spiro atoms. The SMILES string of the molecule is CCc1nncn1CCNC(=NCC1CCCCO1)NC(C)c1cccc(Cl)c1. The third-order valence-electron chi connectivity index (χ3n) is 5.09. The molecule has 7 nitrogen and oxygen atoms in total. The van der Waals surface area contributed by atoms with Crippen LogP contribution in [0.15, 0.2) is 35.6 Å². The van der Waals surface area contributed by atoms with Crippen molar-refractivity contribution in [1.29, 1.82) is 0 Å². The fourth-order valence-electron chi connectivity index (χ4n) is 3.40. The first-order valence-electron chi connectivity index (χ1n) is 10.4. The Kier molecular flexibility index (Phi) is 8.31. The van der Waals surface area contributed by atoms with Gasteiger partial charge in [0.25, 0.3) is 0 Å². The minimum Gasteiger partial charge on any atom is -0.376 e. The summed E-state index contributed by atoms with van der Waals surface area (Å²) < 4.78 is 7.89. The second-order valence-corrected chi connectivity index (χ2v) is 7.76. The lowest BCUT2D eigenvalue weighted by Gasteiger charge is -2.23. The molecule has 0 aliphatic carbocycles. The van der Waals surface area contributed by atoms with Gasteiger partial charge in [0.2, 0.25) is 0 Å². The van der Waals surface area contributed by atoms with Crippen molar-refractivity contribution in [3.63, 3.8) is 0 Å². The highest BCUT2D eigenvalue weighted by atomic mass is 35.5. The summed E-state index contributed by atoms with van der Waals surface area (Å²) >= 11 is 6.15. The van der Waals surface area contributed by atoms with Crippen LogP contribution in [0.5, 0.6) is 0 Å². The van der Waals surface area contributed by atoms with E-state index in [0.717, 1.165) is 61.3 Å². The summed E-state index contributed by atoms with van der Waals surface area (Å²) in [6.45, 7) is 7.19. The lowest BCUT2D eigenvalue weighted by Crippen LogP contribution is -2.41. The van der Waals surface area contributed by atoms with Gasteiger partial charge in [-0.25, -0.2) is 0 Å². The number of benzene rings is 1. The van der Waals surface area contributed by atoms with Gasteiger partial charge >= 0.3 is 0 Å². The van der Waals surface area contributed by atoms with Gasteiger partial charge in [0.1, 0.15) is 12.2 Å². The average molecular weight is 419 g/mol. The van der Waals surface area contributed by atoms with E-state index in [0.29, 0.717) is 6.54 Å². The molecule has 0 bridgehead atoms. The number of hydrogen-bond donors (Lipinski definition) is 2. The minimum atomic E-state index is 0.0772. The molecule has 158 valence electrons. The Labute approximate surface area is 177 Å². The van der Waals surface area contributed by atoms with Crippen LogP contribution in [-0.4, -0.2) is 46.5 Å². The van der Waals surface area contributed by atoms with E-state index < -0.39 is 0 Å². The number of nitrogens with one attached hydrogen (secondary N) is 2. The summed E-state index contributed by atoms with van der Waals surface area (Å²) in [5, 5.41) is 15.8. The molecule has 0 amide bonds. The number of nitrogens with zero attached hydrogens (tertiary/aromatic N) is 4. The van der Waals surface area contributed by atoms with E-state index in [1.807, 2.05) is 18.2 Å². The molecule has 2 heterocycles. The van der Waals surface area contributed by atoms with Crippen LogP contribution in [0, 0.1) is 0 Å². The Morgan fingerprint density at radius 1 is 1.41 bits per heavy atom. The summed E-state index contributed by atoms with van der Waals surface area (Å²) in [7, 11) is 0. The van der Waals surface area contributed by atoms with E-state index in [2.05, 4.69) is 45.3 Å². The zero-order valence-electron chi connectivity index (χ0n) is 17.3. The summed E-state index contributed by atoms with van der Waals surface area (Å²) in [5.74, 6) is 1.76. The predicted molar refractivity (Wildman–Crippen MR) is 116 cm³/mol. The van der Waals surface area contributed by atoms with Crippen molar-refractivity contribution >= 4 is 17.6 Å². The van der Waals surface area contributed by atoms with Crippen LogP contribution < -0.4 is 10.6 Å². The van der Waals surface area contributed by atoms with Gasteiger partial charge in [0, 0.05) is 31.1 Å². The molecule has 3 rings (SSSR count). The molecule has 0 saturated carbocycles. The maximum Gasteiger partial charge on any atom is 0.191 e. The molecular weight excluding hydrogens is 388 g/mol. The molecule has 2 unspecified atom stereocenters. The number of aliphatic imine (C=N–C) groups is 1. The van der Waals surface area contributed by atoms with Crippen molar-refractivity contribution < 1.29 is 4.74 Å². The van der Waals surface area contributed by atoms with E-state index in [-0.39, 0.29) is 12.1 Å². The molecule has 8 heteroatoms. The zero-order valence-corrected chi connectivity index (χ0v) is 18.0. The van der Waals surface area contributed by atoms with E-state index in [9.17, 15) is 0 Å². The summed E-state index contributed by atoms with van der Waals surface area (Å²) in [5.41, 5.74) is 1.12. The lowest BCUT2D eigenvalue weighted by molar-refractivity contribution is 0.0224. The number of hydrogen-bond acceptors (Lipinski definition) is 4. The Hall–Kier alpha value is -2.12. The Morgan fingerprint density at radius 2 is 2.31 bits per heavy atom. The first kappa shape index (κ1) is 21.6. The van der Waals surface area contributed by atoms with Gasteiger partial charge in [0.15, 0.2) is 5.96 Å². The van der Waals surface area contributed by atoms with Crippen LogP contribution in [0.2, 0.25) is 5.02 Å². The molecule has 1 fully saturated rings. The molecule has 1 saturated heterocycles. The first-order valence-corrected chi connectivity index (χ1v) is 10.8. The number of ether oxygens (including phenoxy) is 1. The number of aromatic nitrogens is 3. The van der Waals surface area contributed by atoms with Crippen molar-refractivity contribution in [1.82, 2.24) is 25.4 Å². The van der Waals surface area contributed by atoms with Gasteiger partial charge in [0.05, 0.1) is 18.7 Å². The van der Waals surface area contributed by atoms with Crippen LogP contribution >= 0.6 is 11.6 Å². The van der Waals surface area contributed by atoms with Crippen LogP contribution in [0.25, 0.3) is 0 Å². The molecule has 2 aromatic rings. The second kappa shape index (κ2) is 11.2. The van der Waals surface area contributed by atoms with Gasteiger partial charge < -0.3 is 19.9 Å². The third kappa shape index (κ3) is 6.72. The molecule has 29 heavy (non-hydrogen) atoms. The van der Waals surface area contributed by atoms with Crippen LogP contribution in [0.4, 0.5) is 0 Å².